The first-order valence-corrected chi connectivity index (χ1v) is 17.8. The van der Waals surface area contributed by atoms with Gasteiger partial charge in [0.2, 0.25) is 23.6 Å². The Kier molecular flexibility index (Phi) is 13.5. The first-order chi connectivity index (χ1) is 26.8. The van der Waals surface area contributed by atoms with E-state index in [1.54, 1.807) is 48.8 Å². The molecule has 2 aromatic heterocycles. The highest BCUT2D eigenvalue weighted by Gasteiger charge is 2.38. The van der Waals surface area contributed by atoms with Gasteiger partial charge in [-0.2, -0.15) is 10.5 Å². The van der Waals surface area contributed by atoms with Crippen molar-refractivity contribution in [2.75, 3.05) is 38.1 Å². The standard InChI is InChI=1S/2C21H22N4O3.CH4/c2*1-5-28-21-18-17(14-7-6-13(9-22)8-15(14)27-4)16(20(23)26)12(3)25-19(18)11(2)10-24-21;/h2*6-8,10,17,25H,5H2,1-4H3,(H2,23,26);1H4/t2*17-;/m10./s1. The van der Waals surface area contributed by atoms with Crippen molar-refractivity contribution in [3.63, 3.8) is 0 Å². The van der Waals surface area contributed by atoms with Crippen molar-refractivity contribution in [3.8, 4) is 35.4 Å². The van der Waals surface area contributed by atoms with Crippen LogP contribution in [0.5, 0.6) is 23.3 Å². The van der Waals surface area contributed by atoms with Crippen LogP contribution in [0.25, 0.3) is 0 Å². The summed E-state index contributed by atoms with van der Waals surface area (Å²) in [6, 6.07) is 14.4. The number of aromatic nitrogens is 2. The van der Waals surface area contributed by atoms with Gasteiger partial charge in [-0.1, -0.05) is 19.6 Å². The monoisotopic (exact) mass is 772 g/mol. The number of primary amides is 2. The van der Waals surface area contributed by atoms with Crippen LogP contribution in [-0.4, -0.2) is 49.2 Å². The Morgan fingerprint density at radius 2 is 1.07 bits per heavy atom. The van der Waals surface area contributed by atoms with Gasteiger partial charge in [0.15, 0.2) is 0 Å². The van der Waals surface area contributed by atoms with Crippen molar-refractivity contribution >= 4 is 23.2 Å². The molecule has 14 heteroatoms. The number of carbonyl (C=O) groups excluding carboxylic acids is 2. The number of ether oxygens (including phenoxy) is 4. The maximum atomic E-state index is 12.4. The van der Waals surface area contributed by atoms with E-state index in [1.807, 2.05) is 41.5 Å². The minimum absolute atomic E-state index is 0. The predicted molar refractivity (Wildman–Crippen MR) is 217 cm³/mol. The maximum absolute atomic E-state index is 12.4. The number of hydrogen-bond donors (Lipinski definition) is 4. The SMILES string of the molecule is C.CCOc1ncc(C)c2c1[C@@H](c1ccc(C#N)cc1OC)C(C(N)=O)=C(C)N2.CCOc1ncc(C)c2c1[C@H](c1ccc(C#N)cc1OC)C(C(N)=O)=C(C)N2. The molecule has 0 bridgehead atoms. The number of benzene rings is 2. The molecule has 4 aromatic rings. The average molecular weight is 773 g/mol. The molecule has 0 saturated heterocycles. The van der Waals surface area contributed by atoms with Crippen LogP contribution in [0.1, 0.15) is 91.5 Å². The number of hydrogen-bond acceptors (Lipinski definition) is 12. The zero-order valence-corrected chi connectivity index (χ0v) is 32.6. The van der Waals surface area contributed by atoms with Crippen molar-refractivity contribution < 1.29 is 28.5 Å². The van der Waals surface area contributed by atoms with E-state index in [-0.39, 0.29) is 7.43 Å². The van der Waals surface area contributed by atoms with Crippen molar-refractivity contribution in [3.05, 3.63) is 116 Å². The summed E-state index contributed by atoms with van der Waals surface area (Å²) in [5, 5.41) is 25.0. The molecule has 0 radical (unpaired) electrons. The summed E-state index contributed by atoms with van der Waals surface area (Å²) in [5.74, 6) is -0.320. The van der Waals surface area contributed by atoms with Crippen LogP contribution < -0.4 is 41.0 Å². The minimum Gasteiger partial charge on any atom is -0.496 e. The van der Waals surface area contributed by atoms with Crippen molar-refractivity contribution in [2.45, 2.75) is 60.8 Å². The summed E-state index contributed by atoms with van der Waals surface area (Å²) in [6.07, 6.45) is 3.46. The van der Waals surface area contributed by atoms with E-state index in [2.05, 4.69) is 32.7 Å². The second kappa shape index (κ2) is 18.0. The fourth-order valence-electron chi connectivity index (χ4n) is 7.13. The number of nitrogens with two attached hydrogens (primary N) is 2. The van der Waals surface area contributed by atoms with Gasteiger partial charge in [-0.3, -0.25) is 9.59 Å². The molecule has 4 heterocycles. The zero-order valence-electron chi connectivity index (χ0n) is 32.6. The number of amides is 2. The number of pyridine rings is 2. The number of nitrogens with one attached hydrogen (secondary N) is 2. The average Bonchev–Trinajstić information content (AvgIpc) is 3.18. The second-order valence-electron chi connectivity index (χ2n) is 13.0. The summed E-state index contributed by atoms with van der Waals surface area (Å²) in [5.41, 5.74) is 21.0. The van der Waals surface area contributed by atoms with Crippen LogP contribution in [0.15, 0.2) is 71.3 Å². The number of rotatable bonds is 10. The van der Waals surface area contributed by atoms with Gasteiger partial charge in [-0.05, 0) is 76.9 Å². The van der Waals surface area contributed by atoms with Crippen molar-refractivity contribution in [1.82, 2.24) is 9.97 Å². The molecular formula is C43H48N8O6. The third kappa shape index (κ3) is 8.16. The van der Waals surface area contributed by atoms with E-state index < -0.39 is 23.7 Å². The summed E-state index contributed by atoms with van der Waals surface area (Å²) in [6.45, 7) is 12.1. The van der Waals surface area contributed by atoms with E-state index >= 15 is 0 Å². The highest BCUT2D eigenvalue weighted by atomic mass is 16.5. The van der Waals surface area contributed by atoms with Crippen LogP contribution in [-0.2, 0) is 9.59 Å². The molecule has 2 amide bonds. The molecule has 2 atom stereocenters. The lowest BCUT2D eigenvalue weighted by molar-refractivity contribution is -0.115. The van der Waals surface area contributed by atoms with E-state index in [4.69, 9.17) is 30.4 Å². The maximum Gasteiger partial charge on any atom is 0.247 e. The molecule has 2 aliphatic heterocycles. The number of methoxy groups -OCH3 is 2. The molecular weight excluding hydrogens is 725 g/mol. The van der Waals surface area contributed by atoms with Crippen molar-refractivity contribution in [1.29, 1.82) is 10.5 Å². The lowest BCUT2D eigenvalue weighted by Gasteiger charge is -2.32. The first-order valence-electron chi connectivity index (χ1n) is 17.8. The lowest BCUT2D eigenvalue weighted by Crippen LogP contribution is -2.28. The molecule has 0 unspecified atom stereocenters. The Hall–Kier alpha value is -7.06. The van der Waals surface area contributed by atoms with Gasteiger partial charge in [-0.15, -0.1) is 0 Å². The molecule has 14 nitrogen and oxygen atoms in total. The second-order valence-corrected chi connectivity index (χ2v) is 13.0. The molecule has 0 saturated carbocycles. The van der Waals surface area contributed by atoms with Crippen LogP contribution in [0.4, 0.5) is 11.4 Å². The normalized spacial score (nSPS) is 15.1. The highest BCUT2D eigenvalue weighted by Crippen LogP contribution is 2.50. The van der Waals surface area contributed by atoms with Gasteiger partial charge in [0.05, 0.1) is 85.0 Å². The first kappa shape index (κ1) is 42.7. The topological polar surface area (TPSA) is 221 Å². The van der Waals surface area contributed by atoms with Gasteiger partial charge in [-0.25, -0.2) is 9.97 Å². The Labute approximate surface area is 333 Å². The highest BCUT2D eigenvalue weighted by molar-refractivity contribution is 5.99. The number of anilines is 2. The van der Waals surface area contributed by atoms with Crippen LogP contribution in [0.3, 0.4) is 0 Å². The van der Waals surface area contributed by atoms with Gasteiger partial charge in [0, 0.05) is 46.1 Å². The summed E-state index contributed by atoms with van der Waals surface area (Å²) in [7, 11) is 3.06. The number of nitriles is 2. The van der Waals surface area contributed by atoms with Crippen LogP contribution in [0.2, 0.25) is 0 Å². The third-order valence-electron chi connectivity index (χ3n) is 9.57. The number of allylic oxidation sites excluding steroid dienone is 2. The zero-order chi connectivity index (χ0) is 40.8. The van der Waals surface area contributed by atoms with Crippen LogP contribution >= 0.6 is 0 Å². The van der Waals surface area contributed by atoms with E-state index in [1.165, 1.54) is 14.2 Å². The largest absolute Gasteiger partial charge is 0.496 e. The number of aryl methyl sites for hydroxylation is 2. The molecule has 296 valence electrons. The molecule has 6 rings (SSSR count). The van der Waals surface area contributed by atoms with Gasteiger partial charge in [0.25, 0.3) is 0 Å². The summed E-state index contributed by atoms with van der Waals surface area (Å²) < 4.78 is 22.6. The lowest BCUT2D eigenvalue weighted by atomic mass is 9.79. The Morgan fingerprint density at radius 3 is 1.37 bits per heavy atom. The fourth-order valence-corrected chi connectivity index (χ4v) is 7.13. The predicted octanol–water partition coefficient (Wildman–Crippen LogP) is 6.61. The number of fused-ring (bicyclic) bond motifs is 2. The Morgan fingerprint density at radius 1 is 0.702 bits per heavy atom. The molecule has 0 aliphatic carbocycles. The van der Waals surface area contributed by atoms with E-state index in [0.717, 1.165) is 33.6 Å². The Balaban J connectivity index is 0.000000248. The molecule has 2 aromatic carbocycles. The smallest absolute Gasteiger partial charge is 0.247 e. The minimum atomic E-state index is -0.545. The van der Waals surface area contributed by atoms with E-state index in [9.17, 15) is 20.1 Å². The molecule has 0 fully saturated rings. The van der Waals surface area contributed by atoms with E-state index in [0.29, 0.717) is 81.3 Å². The van der Waals surface area contributed by atoms with Gasteiger partial charge < -0.3 is 41.0 Å². The molecule has 57 heavy (non-hydrogen) atoms. The van der Waals surface area contributed by atoms with Gasteiger partial charge >= 0.3 is 0 Å². The third-order valence-corrected chi connectivity index (χ3v) is 9.57. The summed E-state index contributed by atoms with van der Waals surface area (Å²) in [4.78, 5) is 33.7. The van der Waals surface area contributed by atoms with Gasteiger partial charge in [0.1, 0.15) is 11.5 Å². The quantitative estimate of drug-likeness (QED) is 0.134. The van der Waals surface area contributed by atoms with Crippen molar-refractivity contribution in [2.24, 2.45) is 11.5 Å². The Bertz CT molecular complexity index is 2210. The number of nitrogens with zero attached hydrogens (tertiary/aromatic N) is 4. The molecule has 0 spiro atoms. The molecule has 6 N–H and O–H groups in total. The van der Waals surface area contributed by atoms with Crippen LogP contribution in [0, 0.1) is 36.5 Å². The fraction of sp³-hybridized carbons (Fsp3) is 0.302. The molecule has 2 aliphatic rings. The number of carbonyl (C=O) groups is 2. The summed E-state index contributed by atoms with van der Waals surface area (Å²) >= 11 is 0.